The summed E-state index contributed by atoms with van der Waals surface area (Å²) in [6, 6.07) is 9.88. The van der Waals surface area contributed by atoms with Gasteiger partial charge in [0, 0.05) is 62.7 Å². The number of halogens is 5. The third-order valence-corrected chi connectivity index (χ3v) is 8.46. The van der Waals surface area contributed by atoms with Gasteiger partial charge in [-0.05, 0) is 36.2 Å². The summed E-state index contributed by atoms with van der Waals surface area (Å²) in [5.41, 5.74) is 2.45. The third kappa shape index (κ3) is 6.42. The quantitative estimate of drug-likeness (QED) is 0.429. The fraction of sp³-hybridized carbons (Fsp3) is 0.419. The number of fused-ring (bicyclic) bond motifs is 2. The summed E-state index contributed by atoms with van der Waals surface area (Å²) in [5, 5.41) is 12.2. The first-order valence-corrected chi connectivity index (χ1v) is 14.2. The molecule has 0 radical (unpaired) electrons. The smallest absolute Gasteiger partial charge is 0.257 e. The lowest BCUT2D eigenvalue weighted by molar-refractivity contribution is -0.120. The van der Waals surface area contributed by atoms with Crippen LogP contribution in [0.25, 0.3) is 0 Å². The van der Waals surface area contributed by atoms with Crippen molar-refractivity contribution in [3.63, 3.8) is 0 Å². The van der Waals surface area contributed by atoms with Crippen LogP contribution in [0, 0.1) is 17.5 Å². The highest BCUT2D eigenvalue weighted by Gasteiger charge is 2.42. The van der Waals surface area contributed by atoms with Gasteiger partial charge in [0.05, 0.1) is 29.2 Å². The predicted octanol–water partition coefficient (Wildman–Crippen LogP) is 4.27. The summed E-state index contributed by atoms with van der Waals surface area (Å²) in [5.74, 6) is -2.27. The van der Waals surface area contributed by atoms with Crippen LogP contribution in [0.5, 0.6) is 0 Å². The van der Waals surface area contributed by atoms with Crippen molar-refractivity contribution in [1.82, 2.24) is 25.3 Å². The molecule has 3 aromatic rings. The van der Waals surface area contributed by atoms with E-state index < -0.39 is 22.9 Å². The molecule has 1 N–H and O–H groups in total. The molecular formula is C31H35Cl2F3N6O2. The van der Waals surface area contributed by atoms with Gasteiger partial charge in [-0.25, -0.2) is 13.2 Å². The number of hydrogen-bond donors (Lipinski definition) is 1. The van der Waals surface area contributed by atoms with Gasteiger partial charge >= 0.3 is 0 Å². The summed E-state index contributed by atoms with van der Waals surface area (Å²) in [6.45, 7) is 8.47. The SMILES string of the molecule is C[C@@H]1CN(CC(=O)N2CC(C)(C)c3nnc(Cc4ccc(F)cc4F)cc32)[C@@H](CN2Cc3cccc(F)c3C2=O)CN1.Cl.Cl. The van der Waals surface area contributed by atoms with Crippen molar-refractivity contribution >= 4 is 42.3 Å². The van der Waals surface area contributed by atoms with Gasteiger partial charge in [-0.15, -0.1) is 24.8 Å². The zero-order valence-electron chi connectivity index (χ0n) is 24.6. The van der Waals surface area contributed by atoms with Crippen molar-refractivity contribution in [2.24, 2.45) is 0 Å². The lowest BCUT2D eigenvalue weighted by Crippen LogP contribution is -2.60. The van der Waals surface area contributed by atoms with Gasteiger partial charge in [0.1, 0.15) is 17.5 Å². The van der Waals surface area contributed by atoms with Crippen LogP contribution in [0.2, 0.25) is 0 Å². The number of rotatable bonds is 6. The minimum Gasteiger partial charge on any atom is -0.333 e. The summed E-state index contributed by atoms with van der Waals surface area (Å²) >= 11 is 0. The molecule has 13 heteroatoms. The molecule has 0 saturated carbocycles. The molecule has 0 spiro atoms. The van der Waals surface area contributed by atoms with Crippen molar-refractivity contribution < 1.29 is 22.8 Å². The molecule has 0 bridgehead atoms. The number of aromatic nitrogens is 2. The number of nitrogens with zero attached hydrogens (tertiary/aromatic N) is 5. The van der Waals surface area contributed by atoms with Gasteiger partial charge in [-0.2, -0.15) is 10.2 Å². The number of benzene rings is 2. The second kappa shape index (κ2) is 13.0. The monoisotopic (exact) mass is 650 g/mol. The third-order valence-electron chi connectivity index (χ3n) is 8.46. The highest BCUT2D eigenvalue weighted by molar-refractivity contribution is 5.99. The zero-order valence-corrected chi connectivity index (χ0v) is 26.3. The Hall–Kier alpha value is -3.25. The lowest BCUT2D eigenvalue weighted by atomic mass is 9.91. The molecule has 44 heavy (non-hydrogen) atoms. The standard InChI is InChI=1S/C31H33F3N6O2.2ClH/c1-18-13-38(23(12-35-18)15-39-14-20-5-4-6-24(33)28(20)30(39)42)16-27(41)40-17-31(2,3)29-26(40)11-22(36-37-29)9-19-7-8-21(32)10-25(19)34;;/h4-8,10-11,18,23,35H,9,12-17H2,1-3H3;2*1H/t18-,23-;;/m1../s1. The molecule has 1 saturated heterocycles. The van der Waals surface area contributed by atoms with Crippen LogP contribution in [0.3, 0.4) is 0 Å². The minimum absolute atomic E-state index is 0. The van der Waals surface area contributed by atoms with E-state index >= 15 is 0 Å². The number of carbonyl (C=O) groups excluding carboxylic acids is 2. The van der Waals surface area contributed by atoms with Crippen LogP contribution in [-0.4, -0.2) is 76.6 Å². The highest BCUT2D eigenvalue weighted by Crippen LogP contribution is 2.39. The Labute approximate surface area is 266 Å². The van der Waals surface area contributed by atoms with E-state index in [0.717, 1.165) is 6.07 Å². The Morgan fingerprint density at radius 2 is 1.84 bits per heavy atom. The molecule has 2 atom stereocenters. The second-order valence-electron chi connectivity index (χ2n) is 12.2. The van der Waals surface area contributed by atoms with Crippen molar-refractivity contribution in [3.05, 3.63) is 88.0 Å². The Kier molecular flexibility index (Phi) is 9.94. The average Bonchev–Trinajstić information content (AvgIpc) is 3.40. The molecule has 3 aliphatic rings. The molecule has 1 fully saturated rings. The van der Waals surface area contributed by atoms with Gasteiger partial charge < -0.3 is 15.1 Å². The molecule has 0 aliphatic carbocycles. The summed E-state index contributed by atoms with van der Waals surface area (Å²) < 4.78 is 42.1. The average molecular weight is 652 g/mol. The van der Waals surface area contributed by atoms with Crippen LogP contribution in [0.4, 0.5) is 18.9 Å². The van der Waals surface area contributed by atoms with Gasteiger partial charge in [0.2, 0.25) is 5.91 Å². The normalized spacial score (nSPS) is 20.5. The summed E-state index contributed by atoms with van der Waals surface area (Å²) in [6.07, 6.45) is 0.110. The maximum atomic E-state index is 14.4. The van der Waals surface area contributed by atoms with Crippen molar-refractivity contribution in [2.45, 2.75) is 51.2 Å². The van der Waals surface area contributed by atoms with Crippen molar-refractivity contribution in [1.29, 1.82) is 0 Å². The van der Waals surface area contributed by atoms with E-state index in [1.165, 1.54) is 18.2 Å². The fourth-order valence-electron chi connectivity index (χ4n) is 6.27. The van der Waals surface area contributed by atoms with E-state index in [1.807, 2.05) is 20.8 Å². The molecule has 1 aromatic heterocycles. The molecular weight excluding hydrogens is 616 g/mol. The number of nitrogens with one attached hydrogen (secondary N) is 1. The number of piperazine rings is 1. The Morgan fingerprint density at radius 1 is 1.07 bits per heavy atom. The molecule has 236 valence electrons. The van der Waals surface area contributed by atoms with Crippen LogP contribution in [-0.2, 0) is 23.2 Å². The molecule has 8 nitrogen and oxygen atoms in total. The number of anilines is 1. The first-order chi connectivity index (χ1) is 20.0. The van der Waals surface area contributed by atoms with E-state index in [-0.39, 0.29) is 72.8 Å². The van der Waals surface area contributed by atoms with Crippen LogP contribution < -0.4 is 10.2 Å². The van der Waals surface area contributed by atoms with Crippen molar-refractivity contribution in [3.8, 4) is 0 Å². The summed E-state index contributed by atoms with van der Waals surface area (Å²) in [7, 11) is 0. The Bertz CT molecular complexity index is 1580. The number of amides is 2. The maximum absolute atomic E-state index is 14.4. The van der Waals surface area contributed by atoms with Crippen LogP contribution in [0.15, 0.2) is 42.5 Å². The molecule has 0 unspecified atom stereocenters. The topological polar surface area (TPSA) is 81.7 Å². The van der Waals surface area contributed by atoms with Crippen LogP contribution in [0.1, 0.15) is 53.6 Å². The van der Waals surface area contributed by atoms with E-state index in [4.69, 9.17) is 0 Å². The lowest BCUT2D eigenvalue weighted by Gasteiger charge is -2.41. The van der Waals surface area contributed by atoms with E-state index in [0.29, 0.717) is 55.4 Å². The van der Waals surface area contributed by atoms with E-state index in [2.05, 4.69) is 20.4 Å². The fourth-order valence-corrected chi connectivity index (χ4v) is 6.27. The number of carbonyl (C=O) groups is 2. The predicted molar refractivity (Wildman–Crippen MR) is 165 cm³/mol. The minimum atomic E-state index is -0.660. The molecule has 2 amide bonds. The highest BCUT2D eigenvalue weighted by atomic mass is 35.5. The van der Waals surface area contributed by atoms with Gasteiger partial charge in [-0.1, -0.05) is 32.0 Å². The first-order valence-electron chi connectivity index (χ1n) is 14.2. The maximum Gasteiger partial charge on any atom is 0.257 e. The van der Waals surface area contributed by atoms with Crippen LogP contribution >= 0.6 is 24.8 Å². The molecule has 6 rings (SSSR count). The first kappa shape index (κ1) is 33.6. The van der Waals surface area contributed by atoms with Gasteiger partial charge in [-0.3, -0.25) is 14.5 Å². The van der Waals surface area contributed by atoms with Gasteiger partial charge in [0.25, 0.3) is 5.91 Å². The van der Waals surface area contributed by atoms with Gasteiger partial charge in [0.15, 0.2) is 0 Å². The zero-order chi connectivity index (χ0) is 29.8. The largest absolute Gasteiger partial charge is 0.333 e. The number of hydrogen-bond acceptors (Lipinski definition) is 6. The Morgan fingerprint density at radius 3 is 2.57 bits per heavy atom. The Balaban J connectivity index is 0.00000221. The summed E-state index contributed by atoms with van der Waals surface area (Å²) in [4.78, 5) is 32.4. The molecule has 3 aliphatic heterocycles. The molecule has 2 aromatic carbocycles. The molecule has 4 heterocycles. The van der Waals surface area contributed by atoms with E-state index in [9.17, 15) is 22.8 Å². The van der Waals surface area contributed by atoms with Crippen molar-refractivity contribution in [2.75, 3.05) is 37.6 Å². The second-order valence-corrected chi connectivity index (χ2v) is 12.2. The van der Waals surface area contributed by atoms with E-state index in [1.54, 1.807) is 28.0 Å².